The van der Waals surface area contributed by atoms with Gasteiger partial charge in [0.05, 0.1) is 22.5 Å². The van der Waals surface area contributed by atoms with Crippen molar-refractivity contribution in [2.75, 3.05) is 25.2 Å². The van der Waals surface area contributed by atoms with Gasteiger partial charge in [-0.05, 0) is 30.3 Å². The SMILES string of the molecule is COCCSc1ccc2nc(-c3ccc(N)c([18F])n3)sc2c1. The highest BCUT2D eigenvalue weighted by Crippen LogP contribution is 2.32. The molecule has 22 heavy (non-hydrogen) atoms. The third kappa shape index (κ3) is 3.21. The minimum atomic E-state index is -0.660. The number of thioether (sulfide) groups is 1. The van der Waals surface area contributed by atoms with Crippen LogP contribution in [0.4, 0.5) is 10.1 Å². The summed E-state index contributed by atoms with van der Waals surface area (Å²) in [5, 5.41) is 0.688. The molecule has 114 valence electrons. The Morgan fingerprint density at radius 1 is 1.27 bits per heavy atom. The summed E-state index contributed by atoms with van der Waals surface area (Å²) in [5.74, 6) is 0.242. The number of hydrogen-bond acceptors (Lipinski definition) is 6. The maximum absolute atomic E-state index is 13.5. The van der Waals surface area contributed by atoms with Crippen molar-refractivity contribution in [3.8, 4) is 10.7 Å². The van der Waals surface area contributed by atoms with Gasteiger partial charge in [-0.15, -0.1) is 23.1 Å². The fraction of sp³-hybridized carbons (Fsp3) is 0.200. The molecule has 0 saturated carbocycles. The predicted octanol–water partition coefficient (Wildman–Crippen LogP) is 3.82. The van der Waals surface area contributed by atoms with E-state index in [9.17, 15) is 4.39 Å². The lowest BCUT2D eigenvalue weighted by atomic mass is 10.3. The molecular formula is C15H14FN3OS2. The predicted molar refractivity (Wildman–Crippen MR) is 89.8 cm³/mol. The van der Waals surface area contributed by atoms with Crippen molar-refractivity contribution in [1.82, 2.24) is 9.97 Å². The Bertz CT molecular complexity index is 807. The molecule has 0 radical (unpaired) electrons. The smallest absolute Gasteiger partial charge is 0.236 e. The molecule has 0 aliphatic heterocycles. The van der Waals surface area contributed by atoms with Gasteiger partial charge in [0, 0.05) is 17.8 Å². The first kappa shape index (κ1) is 15.2. The summed E-state index contributed by atoms with van der Waals surface area (Å²) in [6.45, 7) is 0.714. The maximum atomic E-state index is 13.5. The standard InChI is InChI=1S/C15H14FN3OS2/c1-20-6-7-21-9-2-4-11-13(8-9)22-15(19-11)12-5-3-10(17)14(16)18-12/h2-5,8H,6-7,17H2,1H3/i16-1. The molecule has 0 amide bonds. The van der Waals surface area contributed by atoms with Crippen LogP contribution in [0, 0.1) is 5.95 Å². The fourth-order valence-corrected chi connectivity index (χ4v) is 3.81. The maximum Gasteiger partial charge on any atom is 0.236 e. The summed E-state index contributed by atoms with van der Waals surface area (Å²) in [7, 11) is 1.69. The second kappa shape index (κ2) is 6.60. The zero-order valence-corrected chi connectivity index (χ0v) is 13.5. The molecule has 0 aliphatic carbocycles. The van der Waals surface area contributed by atoms with Crippen molar-refractivity contribution in [3.05, 3.63) is 36.3 Å². The van der Waals surface area contributed by atoms with Gasteiger partial charge in [-0.2, -0.15) is 4.39 Å². The molecule has 4 nitrogen and oxygen atoms in total. The first-order valence-electron chi connectivity index (χ1n) is 6.62. The van der Waals surface area contributed by atoms with Crippen LogP contribution in [0.1, 0.15) is 0 Å². The minimum Gasteiger partial charge on any atom is -0.395 e. The van der Waals surface area contributed by atoms with Crippen molar-refractivity contribution in [2.45, 2.75) is 4.90 Å². The number of fused-ring (bicyclic) bond motifs is 1. The van der Waals surface area contributed by atoms with Crippen LogP contribution < -0.4 is 5.73 Å². The van der Waals surface area contributed by atoms with E-state index < -0.39 is 5.95 Å². The number of benzene rings is 1. The number of rotatable bonds is 5. The summed E-state index contributed by atoms with van der Waals surface area (Å²) in [5.41, 5.74) is 6.88. The molecule has 0 atom stereocenters. The van der Waals surface area contributed by atoms with E-state index in [0.717, 1.165) is 20.9 Å². The van der Waals surface area contributed by atoms with Gasteiger partial charge in [-0.25, -0.2) is 9.97 Å². The van der Waals surface area contributed by atoms with Crippen LogP contribution in [0.25, 0.3) is 20.9 Å². The van der Waals surface area contributed by atoms with E-state index in [4.69, 9.17) is 10.5 Å². The van der Waals surface area contributed by atoms with E-state index in [1.807, 2.05) is 12.1 Å². The molecule has 0 bridgehead atoms. The molecule has 2 aromatic heterocycles. The van der Waals surface area contributed by atoms with Crippen LogP contribution in [0.2, 0.25) is 0 Å². The number of ether oxygens (including phenoxy) is 1. The molecule has 0 spiro atoms. The topological polar surface area (TPSA) is 61.0 Å². The number of halogens is 1. The van der Waals surface area contributed by atoms with Crippen LogP contribution in [0.5, 0.6) is 0 Å². The lowest BCUT2D eigenvalue weighted by molar-refractivity contribution is 0.218. The zero-order valence-electron chi connectivity index (χ0n) is 11.9. The Morgan fingerprint density at radius 2 is 2.14 bits per heavy atom. The van der Waals surface area contributed by atoms with E-state index in [-0.39, 0.29) is 5.69 Å². The lowest BCUT2D eigenvalue weighted by Crippen LogP contribution is -1.94. The third-order valence-corrected chi connectivity index (χ3v) is 5.01. The van der Waals surface area contributed by atoms with Crippen LogP contribution in [-0.4, -0.2) is 29.4 Å². The molecule has 1 aromatic carbocycles. The molecule has 0 aliphatic rings. The number of pyridine rings is 1. The number of anilines is 1. The van der Waals surface area contributed by atoms with E-state index in [1.165, 1.54) is 17.4 Å². The third-order valence-electron chi connectivity index (χ3n) is 3.01. The van der Waals surface area contributed by atoms with E-state index in [1.54, 1.807) is 24.9 Å². The van der Waals surface area contributed by atoms with Gasteiger partial charge in [0.15, 0.2) is 0 Å². The normalized spacial score (nSPS) is 11.2. The van der Waals surface area contributed by atoms with E-state index >= 15 is 0 Å². The summed E-state index contributed by atoms with van der Waals surface area (Å²) >= 11 is 3.22. The quantitative estimate of drug-likeness (QED) is 0.437. The molecule has 2 heterocycles. The van der Waals surface area contributed by atoms with Gasteiger partial charge in [-0.1, -0.05) is 0 Å². The number of nitrogens with two attached hydrogens (primary N) is 1. The molecule has 3 rings (SSSR count). The molecule has 0 unspecified atom stereocenters. The van der Waals surface area contributed by atoms with Gasteiger partial charge in [0.25, 0.3) is 0 Å². The summed E-state index contributed by atoms with van der Waals surface area (Å²) in [6, 6.07) is 9.28. The molecular weight excluding hydrogens is 320 g/mol. The van der Waals surface area contributed by atoms with Crippen molar-refractivity contribution in [1.29, 1.82) is 0 Å². The van der Waals surface area contributed by atoms with E-state index in [2.05, 4.69) is 16.0 Å². The van der Waals surface area contributed by atoms with Gasteiger partial charge in [-0.3, -0.25) is 0 Å². The van der Waals surface area contributed by atoms with Gasteiger partial charge in [0.1, 0.15) is 10.7 Å². The average Bonchev–Trinajstić information content (AvgIpc) is 2.93. The number of aromatic nitrogens is 2. The lowest BCUT2D eigenvalue weighted by Gasteiger charge is -2.00. The molecule has 3 aromatic rings. The van der Waals surface area contributed by atoms with Crippen molar-refractivity contribution < 1.29 is 9.13 Å². The molecule has 7 heteroatoms. The van der Waals surface area contributed by atoms with E-state index in [0.29, 0.717) is 17.3 Å². The number of nitrogens with zero attached hydrogens (tertiary/aromatic N) is 2. The Kier molecular flexibility index (Phi) is 4.56. The van der Waals surface area contributed by atoms with Gasteiger partial charge < -0.3 is 10.5 Å². The zero-order chi connectivity index (χ0) is 15.5. The first-order valence-corrected chi connectivity index (χ1v) is 8.42. The second-order valence-electron chi connectivity index (χ2n) is 4.57. The van der Waals surface area contributed by atoms with Crippen LogP contribution in [-0.2, 0) is 4.74 Å². The Labute approximate surface area is 135 Å². The summed E-state index contributed by atoms with van der Waals surface area (Å²) in [4.78, 5) is 9.52. The first-order chi connectivity index (χ1) is 10.7. The number of nitrogen functional groups attached to an aromatic ring is 1. The Hall–Kier alpha value is -1.70. The van der Waals surface area contributed by atoms with Crippen LogP contribution >= 0.6 is 23.1 Å². The molecule has 2 N–H and O–H groups in total. The van der Waals surface area contributed by atoms with Crippen molar-refractivity contribution in [2.24, 2.45) is 0 Å². The van der Waals surface area contributed by atoms with Crippen LogP contribution in [0.3, 0.4) is 0 Å². The summed E-state index contributed by atoms with van der Waals surface area (Å²) < 4.78 is 19.6. The highest BCUT2D eigenvalue weighted by molar-refractivity contribution is 7.99. The average molecular weight is 334 g/mol. The Balaban J connectivity index is 1.90. The largest absolute Gasteiger partial charge is 0.395 e. The highest BCUT2D eigenvalue weighted by Gasteiger charge is 2.10. The highest BCUT2D eigenvalue weighted by atomic mass is 32.2. The second-order valence-corrected chi connectivity index (χ2v) is 6.77. The number of methoxy groups -OCH3 is 1. The van der Waals surface area contributed by atoms with Crippen molar-refractivity contribution >= 4 is 39.0 Å². The van der Waals surface area contributed by atoms with Gasteiger partial charge >= 0.3 is 0 Å². The molecule has 0 fully saturated rings. The molecule has 0 saturated heterocycles. The Morgan fingerprint density at radius 3 is 2.91 bits per heavy atom. The summed E-state index contributed by atoms with van der Waals surface area (Å²) in [6.07, 6.45) is 0. The van der Waals surface area contributed by atoms with Gasteiger partial charge in [0.2, 0.25) is 5.95 Å². The number of thiazole rings is 1. The van der Waals surface area contributed by atoms with Crippen molar-refractivity contribution in [3.63, 3.8) is 0 Å². The minimum absolute atomic E-state index is 0.0432. The fourth-order valence-electron chi connectivity index (χ4n) is 1.91. The number of hydrogen-bond donors (Lipinski definition) is 1. The monoisotopic (exact) mass is 334 g/mol. The van der Waals surface area contributed by atoms with Crippen LogP contribution in [0.15, 0.2) is 35.2 Å².